The normalized spacial score (nSPS) is 14.9. The number of nitrogens with one attached hydrogen (secondary N) is 3. The summed E-state index contributed by atoms with van der Waals surface area (Å²) in [6.07, 6.45) is -5.87. The molecular weight excluding hydrogens is 663 g/mol. The minimum Gasteiger partial charge on any atom is -0.381 e. The van der Waals surface area contributed by atoms with Gasteiger partial charge in [-0.25, -0.2) is 0 Å². The van der Waals surface area contributed by atoms with Crippen molar-refractivity contribution >= 4 is 28.2 Å². The van der Waals surface area contributed by atoms with Gasteiger partial charge in [-0.1, -0.05) is 65.9 Å². The number of anilines is 2. The zero-order valence-corrected chi connectivity index (χ0v) is 27.8. The van der Waals surface area contributed by atoms with E-state index in [0.29, 0.717) is 41.8 Å². The Balaban J connectivity index is 1.15. The van der Waals surface area contributed by atoms with Crippen LogP contribution in [0.2, 0.25) is 0 Å². The number of carbonyl (C=O) groups excluding carboxylic acids is 1. The average molecular weight is 704 g/mol. The molecule has 12 nitrogen and oxygen atoms in total. The molecule has 2 aromatic heterocycles. The third kappa shape index (κ3) is 11.8. The fraction of sp³-hybridized carbons (Fsp3) is 0.424. The molecule has 6 N–H and O–H groups in total. The van der Waals surface area contributed by atoms with Crippen LogP contribution in [0, 0.1) is 0 Å². The van der Waals surface area contributed by atoms with Gasteiger partial charge in [-0.2, -0.15) is 18.3 Å². The summed E-state index contributed by atoms with van der Waals surface area (Å²) in [5.41, 5.74) is -0.132. The lowest BCUT2D eigenvalue weighted by Crippen LogP contribution is -2.47. The van der Waals surface area contributed by atoms with E-state index >= 15 is 0 Å². The molecule has 4 atom stereocenters. The van der Waals surface area contributed by atoms with Crippen LogP contribution in [-0.4, -0.2) is 73.0 Å². The molecule has 0 saturated heterocycles. The highest BCUT2D eigenvalue weighted by atomic mass is 32.1. The summed E-state index contributed by atoms with van der Waals surface area (Å²) < 4.78 is 44.0. The van der Waals surface area contributed by atoms with Crippen LogP contribution in [0.5, 0.6) is 0 Å². The highest BCUT2D eigenvalue weighted by Gasteiger charge is 2.50. The number of hydrogen-bond donors (Lipinski definition) is 6. The third-order valence-electron chi connectivity index (χ3n) is 7.57. The van der Waals surface area contributed by atoms with Crippen LogP contribution in [0.4, 0.5) is 24.1 Å². The van der Waals surface area contributed by atoms with Gasteiger partial charge in [-0.3, -0.25) is 10.1 Å². The van der Waals surface area contributed by atoms with E-state index in [1.807, 2.05) is 30.3 Å². The summed E-state index contributed by atoms with van der Waals surface area (Å²) in [7, 11) is 1.54. The summed E-state index contributed by atoms with van der Waals surface area (Å²) in [5, 5.41) is 56.3. The number of hydrogen-bond acceptors (Lipinski definition) is 12. The summed E-state index contributed by atoms with van der Waals surface area (Å²) in [4.78, 5) is 12.6. The molecular formula is C33H40F3N7O5S. The summed E-state index contributed by atoms with van der Waals surface area (Å²) >= 11 is 1.37. The van der Waals surface area contributed by atoms with Crippen LogP contribution in [0.3, 0.4) is 0 Å². The Hall–Kier alpha value is -4.06. The second-order valence-electron chi connectivity index (χ2n) is 11.7. The fourth-order valence-electron chi connectivity index (χ4n) is 4.87. The van der Waals surface area contributed by atoms with Crippen molar-refractivity contribution in [2.24, 2.45) is 0 Å². The number of carbonyl (C=O) groups is 1. The summed E-state index contributed by atoms with van der Waals surface area (Å²) in [5.74, 6) is -0.0323. The summed E-state index contributed by atoms with van der Waals surface area (Å²) in [6, 6.07) is 19.7. The Morgan fingerprint density at radius 3 is 2.37 bits per heavy atom. The molecule has 4 unspecified atom stereocenters. The van der Waals surface area contributed by atoms with Gasteiger partial charge in [0.1, 0.15) is 17.3 Å². The van der Waals surface area contributed by atoms with Crippen molar-refractivity contribution in [3.8, 4) is 0 Å². The Morgan fingerprint density at radius 2 is 1.67 bits per heavy atom. The number of rotatable bonds is 18. The predicted octanol–water partition coefficient (Wildman–Crippen LogP) is 4.30. The molecule has 1 amide bonds. The maximum atomic E-state index is 12.9. The first kappa shape index (κ1) is 37.8. The number of aromatic nitrogens is 4. The van der Waals surface area contributed by atoms with Gasteiger partial charge < -0.3 is 30.7 Å². The second kappa shape index (κ2) is 17.6. The number of unbranched alkanes of at least 4 members (excludes halogenated alkanes) is 1. The van der Waals surface area contributed by atoms with E-state index in [1.165, 1.54) is 18.4 Å². The molecule has 0 saturated carbocycles. The minimum atomic E-state index is -4.87. The Labute approximate surface area is 285 Å². The molecule has 0 bridgehead atoms. The van der Waals surface area contributed by atoms with Crippen LogP contribution in [0.1, 0.15) is 59.7 Å². The van der Waals surface area contributed by atoms with Crippen molar-refractivity contribution in [3.63, 3.8) is 0 Å². The Bertz CT molecular complexity index is 1610. The smallest absolute Gasteiger partial charge is 0.381 e. The highest BCUT2D eigenvalue weighted by molar-refractivity contribution is 7.15. The molecule has 4 rings (SSSR count). The molecule has 0 aliphatic carbocycles. The first-order valence-corrected chi connectivity index (χ1v) is 16.4. The third-order valence-corrected chi connectivity index (χ3v) is 8.48. The number of aryl methyl sites for hydroxylation is 2. The minimum absolute atomic E-state index is 0.0183. The van der Waals surface area contributed by atoms with Crippen LogP contribution in [0.25, 0.3) is 0 Å². The van der Waals surface area contributed by atoms with E-state index in [0.717, 1.165) is 29.1 Å². The van der Waals surface area contributed by atoms with Crippen LogP contribution >= 0.6 is 11.3 Å². The predicted molar refractivity (Wildman–Crippen MR) is 177 cm³/mol. The average Bonchev–Trinajstić information content (AvgIpc) is 3.50. The number of nitrogens with zero attached hydrogens (tertiary/aromatic N) is 4. The van der Waals surface area contributed by atoms with Crippen molar-refractivity contribution in [3.05, 3.63) is 94.1 Å². The van der Waals surface area contributed by atoms with Gasteiger partial charge in [0.15, 0.2) is 17.6 Å². The number of halogens is 3. The number of alkyl halides is 3. The lowest BCUT2D eigenvalue weighted by molar-refractivity contribution is -0.261. The molecule has 0 aliphatic rings. The van der Waals surface area contributed by atoms with Crippen LogP contribution in [-0.2, 0) is 35.3 Å². The molecule has 0 radical (unpaired) electrons. The largest absolute Gasteiger partial charge is 0.417 e. The number of benzene rings is 2. The Morgan fingerprint density at radius 1 is 0.939 bits per heavy atom. The van der Waals surface area contributed by atoms with Crippen molar-refractivity contribution < 1.29 is 38.0 Å². The lowest BCUT2D eigenvalue weighted by Gasteiger charge is -2.28. The standard InChI is InChI=1S/C33H40F3N7O5S/c1-32(47,33(34,35)36)19-27(45)37-20-22-10-8-9-21(17-22)18-26(44)38-25-16-15-24(40-41-25)13-6-7-14-28-42-43-31(49-28)39-30(46)29(48-2)23-11-4-3-5-12-23/h3-5,8-12,15-17,27,29-30,37,45-47H,6-7,13-14,18-20H2,1-2H3,(H,39,43)(H,38,41,44). The van der Waals surface area contributed by atoms with E-state index < -0.39 is 36.8 Å². The molecule has 4 aromatic rings. The molecule has 2 aromatic carbocycles. The molecule has 49 heavy (non-hydrogen) atoms. The van der Waals surface area contributed by atoms with Gasteiger partial charge in [-0.15, -0.1) is 15.3 Å². The van der Waals surface area contributed by atoms with E-state index in [1.54, 1.807) is 36.4 Å². The number of ether oxygens (including phenoxy) is 1. The number of aliphatic hydroxyl groups is 3. The lowest BCUT2D eigenvalue weighted by atomic mass is 10.0. The summed E-state index contributed by atoms with van der Waals surface area (Å²) in [6.45, 7) is 0.637. The van der Waals surface area contributed by atoms with Gasteiger partial charge in [0.2, 0.25) is 11.0 Å². The number of aliphatic hydroxyl groups excluding tert-OH is 2. The molecule has 264 valence electrons. The van der Waals surface area contributed by atoms with Gasteiger partial charge in [0.25, 0.3) is 0 Å². The monoisotopic (exact) mass is 703 g/mol. The van der Waals surface area contributed by atoms with E-state index in [-0.39, 0.29) is 18.9 Å². The molecule has 16 heteroatoms. The fourth-order valence-corrected chi connectivity index (χ4v) is 5.68. The van der Waals surface area contributed by atoms with Crippen molar-refractivity contribution in [1.82, 2.24) is 25.7 Å². The molecule has 2 heterocycles. The van der Waals surface area contributed by atoms with Gasteiger partial charge in [-0.05, 0) is 55.0 Å². The first-order valence-electron chi connectivity index (χ1n) is 15.6. The SMILES string of the molecule is COC(c1ccccc1)C(O)Nc1nnc(CCCCc2ccc(NC(=O)Cc3cccc(CNC(O)CC(C)(O)C(F)(F)F)c3)nn2)s1. The molecule has 0 fully saturated rings. The van der Waals surface area contributed by atoms with E-state index in [4.69, 9.17) is 4.74 Å². The van der Waals surface area contributed by atoms with E-state index in [9.17, 15) is 33.3 Å². The highest BCUT2D eigenvalue weighted by Crippen LogP contribution is 2.33. The van der Waals surface area contributed by atoms with Crippen molar-refractivity contribution in [2.45, 2.75) is 82.3 Å². The maximum Gasteiger partial charge on any atom is 0.417 e. The molecule has 0 spiro atoms. The number of methoxy groups -OCH3 is 1. The number of amides is 1. The van der Waals surface area contributed by atoms with Crippen LogP contribution in [0.15, 0.2) is 66.7 Å². The second-order valence-corrected chi connectivity index (χ2v) is 12.8. The zero-order chi connectivity index (χ0) is 35.4. The van der Waals surface area contributed by atoms with Gasteiger partial charge >= 0.3 is 6.18 Å². The molecule has 0 aliphatic heterocycles. The van der Waals surface area contributed by atoms with Gasteiger partial charge in [0.05, 0.1) is 12.1 Å². The van der Waals surface area contributed by atoms with Gasteiger partial charge in [0, 0.05) is 26.5 Å². The first-order chi connectivity index (χ1) is 23.3. The maximum absolute atomic E-state index is 12.9. The zero-order valence-electron chi connectivity index (χ0n) is 27.0. The van der Waals surface area contributed by atoms with Crippen molar-refractivity contribution in [2.75, 3.05) is 17.7 Å². The van der Waals surface area contributed by atoms with Crippen molar-refractivity contribution in [1.29, 1.82) is 0 Å². The van der Waals surface area contributed by atoms with E-state index in [2.05, 4.69) is 36.3 Å². The topological polar surface area (TPSA) is 175 Å². The quantitative estimate of drug-likeness (QED) is 0.0644. The van der Waals surface area contributed by atoms with Crippen LogP contribution < -0.4 is 16.0 Å². The Kier molecular flexibility index (Phi) is 13.5.